The molecule has 0 saturated heterocycles. The number of ether oxygens (including phenoxy) is 1. The minimum absolute atomic E-state index is 0.0905. The van der Waals surface area contributed by atoms with E-state index in [0.717, 1.165) is 12.8 Å². The normalized spacial score (nSPS) is 17.7. The van der Waals surface area contributed by atoms with Gasteiger partial charge in [-0.15, -0.1) is 0 Å². The van der Waals surface area contributed by atoms with Crippen LogP contribution < -0.4 is 4.72 Å². The van der Waals surface area contributed by atoms with E-state index in [1.54, 1.807) is 7.11 Å². The maximum atomic E-state index is 11.5. The molecular weight excluding hydrogens is 318 g/mol. The number of halogens is 1. The highest BCUT2D eigenvalue weighted by Gasteiger charge is 2.37. The molecule has 0 saturated carbocycles. The zero-order valence-corrected chi connectivity index (χ0v) is 12.6. The largest absolute Gasteiger partial charge is 0.376 e. The number of rotatable bonds is 5. The average Bonchev–Trinajstić information content (AvgIpc) is 2.76. The van der Waals surface area contributed by atoms with E-state index in [1.165, 1.54) is 11.1 Å². The Bertz CT molecular complexity index is 505. The van der Waals surface area contributed by atoms with Crippen LogP contribution in [-0.4, -0.2) is 32.3 Å². The van der Waals surface area contributed by atoms with Gasteiger partial charge in [-0.2, -0.15) is 0 Å². The zero-order chi connectivity index (χ0) is 13.2. The number of sulfonamides is 1. The van der Waals surface area contributed by atoms with Crippen molar-refractivity contribution in [2.24, 2.45) is 0 Å². The summed E-state index contributed by atoms with van der Waals surface area (Å²) < 4.78 is 31.0. The first-order chi connectivity index (χ1) is 8.50. The maximum Gasteiger partial charge on any atom is 0.221 e. The predicted octanol–water partition coefficient (Wildman–Crippen LogP) is 1.44. The van der Waals surface area contributed by atoms with Gasteiger partial charge in [-0.05, 0) is 11.1 Å². The Morgan fingerprint density at radius 2 is 1.89 bits per heavy atom. The minimum atomic E-state index is -3.26. The van der Waals surface area contributed by atoms with Crippen molar-refractivity contribution in [2.45, 2.75) is 18.4 Å². The number of fused-ring (bicyclic) bond motifs is 1. The molecule has 0 amide bonds. The molecule has 1 aromatic carbocycles. The molecule has 0 heterocycles. The molecule has 1 N–H and O–H groups in total. The summed E-state index contributed by atoms with van der Waals surface area (Å²) >= 11 is 2.96. The summed E-state index contributed by atoms with van der Waals surface area (Å²) in [5.41, 5.74) is 2.01. The van der Waals surface area contributed by atoms with E-state index >= 15 is 0 Å². The number of benzene rings is 1. The molecule has 18 heavy (non-hydrogen) atoms. The first kappa shape index (κ1) is 14.0. The molecular formula is C12H16BrNO3S. The second-order valence-corrected chi connectivity index (χ2v) is 7.66. The van der Waals surface area contributed by atoms with Gasteiger partial charge in [0.15, 0.2) is 0 Å². The van der Waals surface area contributed by atoms with Crippen molar-refractivity contribution in [1.82, 2.24) is 4.72 Å². The van der Waals surface area contributed by atoms with Crippen molar-refractivity contribution < 1.29 is 13.2 Å². The number of methoxy groups -OCH3 is 1. The highest BCUT2D eigenvalue weighted by atomic mass is 79.9. The second-order valence-electron chi connectivity index (χ2n) is 4.55. The average molecular weight is 334 g/mol. The molecule has 0 bridgehead atoms. The summed E-state index contributed by atoms with van der Waals surface area (Å²) in [7, 11) is -1.62. The molecule has 4 nitrogen and oxygen atoms in total. The topological polar surface area (TPSA) is 55.4 Å². The van der Waals surface area contributed by atoms with E-state index in [4.69, 9.17) is 4.74 Å². The lowest BCUT2D eigenvalue weighted by atomic mass is 10.0. The monoisotopic (exact) mass is 333 g/mol. The molecule has 1 aliphatic carbocycles. The summed E-state index contributed by atoms with van der Waals surface area (Å²) in [5, 5.41) is 0. The van der Waals surface area contributed by atoms with Gasteiger partial charge in [0.2, 0.25) is 10.0 Å². The van der Waals surface area contributed by atoms with Crippen molar-refractivity contribution in [3.8, 4) is 0 Å². The van der Waals surface area contributed by atoms with Crippen LogP contribution in [0.25, 0.3) is 0 Å². The van der Waals surface area contributed by atoms with Gasteiger partial charge >= 0.3 is 0 Å². The molecule has 6 heteroatoms. The molecule has 0 aliphatic heterocycles. The van der Waals surface area contributed by atoms with Gasteiger partial charge < -0.3 is 4.74 Å². The van der Waals surface area contributed by atoms with Gasteiger partial charge in [0.1, 0.15) is 4.66 Å². The predicted molar refractivity (Wildman–Crippen MR) is 74.3 cm³/mol. The number of alkyl halides is 1. The fourth-order valence-electron chi connectivity index (χ4n) is 2.28. The summed E-state index contributed by atoms with van der Waals surface area (Å²) in [6.45, 7) is 0.298. The van der Waals surface area contributed by atoms with Crippen LogP contribution in [0.2, 0.25) is 0 Å². The Morgan fingerprint density at radius 3 is 2.33 bits per heavy atom. The number of nitrogens with one attached hydrogen (secondary N) is 1. The van der Waals surface area contributed by atoms with Gasteiger partial charge in [-0.3, -0.25) is 0 Å². The van der Waals surface area contributed by atoms with Crippen molar-refractivity contribution in [3.05, 3.63) is 35.4 Å². The Balaban J connectivity index is 2.12. The van der Waals surface area contributed by atoms with E-state index in [9.17, 15) is 8.42 Å². The van der Waals surface area contributed by atoms with Crippen molar-refractivity contribution in [2.75, 3.05) is 18.3 Å². The molecule has 0 spiro atoms. The third-order valence-electron chi connectivity index (χ3n) is 3.33. The lowest BCUT2D eigenvalue weighted by molar-refractivity contribution is 0.00381. The van der Waals surface area contributed by atoms with Gasteiger partial charge in [-0.25, -0.2) is 13.1 Å². The Labute approximate surface area is 116 Å². The van der Waals surface area contributed by atoms with Crippen LogP contribution in [0, 0.1) is 0 Å². The molecule has 1 aromatic rings. The van der Waals surface area contributed by atoms with Crippen LogP contribution in [0.4, 0.5) is 0 Å². The summed E-state index contributed by atoms with van der Waals surface area (Å²) in [4.78, 5) is 0. The Morgan fingerprint density at radius 1 is 1.33 bits per heavy atom. The van der Waals surface area contributed by atoms with E-state index in [-0.39, 0.29) is 4.66 Å². The molecule has 0 radical (unpaired) electrons. The molecule has 2 rings (SSSR count). The summed E-state index contributed by atoms with van der Waals surface area (Å²) in [6, 6.07) is 8.12. The number of hydrogen-bond acceptors (Lipinski definition) is 3. The molecule has 0 aromatic heterocycles. The number of hydrogen-bond donors (Lipinski definition) is 1. The Kier molecular flexibility index (Phi) is 4.11. The molecule has 0 atom stereocenters. The van der Waals surface area contributed by atoms with E-state index in [1.807, 2.05) is 12.1 Å². The summed E-state index contributed by atoms with van der Waals surface area (Å²) in [5.74, 6) is 0. The Hall–Kier alpha value is -0.430. The van der Waals surface area contributed by atoms with Crippen molar-refractivity contribution >= 4 is 26.0 Å². The van der Waals surface area contributed by atoms with E-state index in [0.29, 0.717) is 6.54 Å². The van der Waals surface area contributed by atoms with Crippen LogP contribution in [0.3, 0.4) is 0 Å². The fourth-order valence-corrected chi connectivity index (χ4v) is 3.33. The second kappa shape index (κ2) is 5.28. The third kappa shape index (κ3) is 2.93. The maximum absolute atomic E-state index is 11.5. The first-order valence-electron chi connectivity index (χ1n) is 5.65. The van der Waals surface area contributed by atoms with E-state index in [2.05, 4.69) is 32.8 Å². The van der Waals surface area contributed by atoms with Crippen LogP contribution in [-0.2, 0) is 27.6 Å². The lowest BCUT2D eigenvalue weighted by Crippen LogP contribution is -2.45. The highest BCUT2D eigenvalue weighted by molar-refractivity contribution is 9.10. The molecule has 100 valence electrons. The fraction of sp³-hybridized carbons (Fsp3) is 0.500. The first-order valence-corrected chi connectivity index (χ1v) is 8.43. The van der Waals surface area contributed by atoms with Crippen LogP contribution in [0.15, 0.2) is 24.3 Å². The van der Waals surface area contributed by atoms with Crippen LogP contribution in [0.1, 0.15) is 11.1 Å². The zero-order valence-electron chi connectivity index (χ0n) is 10.1. The van der Waals surface area contributed by atoms with Crippen LogP contribution >= 0.6 is 15.9 Å². The summed E-state index contributed by atoms with van der Waals surface area (Å²) in [6.07, 6.45) is 1.48. The van der Waals surface area contributed by atoms with Gasteiger partial charge in [0.05, 0.1) is 5.60 Å². The van der Waals surface area contributed by atoms with Crippen LogP contribution in [0.5, 0.6) is 0 Å². The van der Waals surface area contributed by atoms with Crippen molar-refractivity contribution in [1.29, 1.82) is 0 Å². The minimum Gasteiger partial charge on any atom is -0.376 e. The quantitative estimate of drug-likeness (QED) is 0.829. The highest BCUT2D eigenvalue weighted by Crippen LogP contribution is 2.32. The smallest absolute Gasteiger partial charge is 0.221 e. The lowest BCUT2D eigenvalue weighted by Gasteiger charge is -2.27. The van der Waals surface area contributed by atoms with Gasteiger partial charge in [0, 0.05) is 26.5 Å². The van der Waals surface area contributed by atoms with Gasteiger partial charge in [0.25, 0.3) is 0 Å². The molecule has 1 aliphatic rings. The van der Waals surface area contributed by atoms with Gasteiger partial charge in [-0.1, -0.05) is 40.2 Å². The van der Waals surface area contributed by atoms with E-state index < -0.39 is 15.6 Å². The molecule has 0 unspecified atom stereocenters. The SMILES string of the molecule is COC1(CNS(=O)(=O)CBr)Cc2ccccc2C1. The molecule has 0 fully saturated rings. The standard InChI is InChI=1S/C12H16BrNO3S/c1-17-12(8-14-18(15,16)9-13)6-10-4-2-3-5-11(10)7-12/h2-5,14H,6-9H2,1H3. The third-order valence-corrected chi connectivity index (χ3v) is 6.01. The van der Waals surface area contributed by atoms with Crippen molar-refractivity contribution in [3.63, 3.8) is 0 Å².